The number of nitrogens with zero attached hydrogens (tertiary/aromatic N) is 4. The minimum Gasteiger partial charge on any atom is -0.495 e. The van der Waals surface area contributed by atoms with E-state index < -0.39 is 5.92 Å². The number of rotatable bonds is 7. The molecule has 0 amide bonds. The molecule has 0 bridgehead atoms. The molecule has 2 N–H and O–H groups in total. The normalized spacial score (nSPS) is 13.2. The van der Waals surface area contributed by atoms with Crippen molar-refractivity contribution in [3.05, 3.63) is 41.7 Å². The number of aromatic nitrogens is 3. The largest absolute Gasteiger partial charge is 0.495 e. The first kappa shape index (κ1) is 18.6. The van der Waals surface area contributed by atoms with E-state index >= 15 is 0 Å². The first-order valence-corrected chi connectivity index (χ1v) is 8.19. The SMILES string of the molecule is COc1cnc(C)c(C(C#N)C(C)c2ncc(NNC(C)C)cn2)c1. The quantitative estimate of drug-likeness (QED) is 0.748. The predicted molar refractivity (Wildman–Crippen MR) is 96.2 cm³/mol. The average molecular weight is 340 g/mol. The second-order valence-electron chi connectivity index (χ2n) is 6.20. The van der Waals surface area contributed by atoms with Crippen LogP contribution in [0.2, 0.25) is 0 Å². The number of pyridine rings is 1. The van der Waals surface area contributed by atoms with E-state index in [-0.39, 0.29) is 5.92 Å². The van der Waals surface area contributed by atoms with Crippen molar-refractivity contribution >= 4 is 5.69 Å². The van der Waals surface area contributed by atoms with Gasteiger partial charge in [0.1, 0.15) is 11.6 Å². The van der Waals surface area contributed by atoms with Crippen LogP contribution in [0.1, 0.15) is 49.7 Å². The second-order valence-corrected chi connectivity index (χ2v) is 6.20. The van der Waals surface area contributed by atoms with E-state index in [1.807, 2.05) is 33.8 Å². The molecule has 2 aromatic heterocycles. The summed E-state index contributed by atoms with van der Waals surface area (Å²) in [5, 5.41) is 9.70. The lowest BCUT2D eigenvalue weighted by Crippen LogP contribution is -2.29. The number of hydrogen-bond acceptors (Lipinski definition) is 7. The molecule has 7 heteroatoms. The molecule has 0 saturated heterocycles. The van der Waals surface area contributed by atoms with Crippen LogP contribution >= 0.6 is 0 Å². The van der Waals surface area contributed by atoms with Gasteiger partial charge in [-0.15, -0.1) is 0 Å². The molecule has 0 radical (unpaired) electrons. The summed E-state index contributed by atoms with van der Waals surface area (Å²) in [5.74, 6) is 0.664. The highest BCUT2D eigenvalue weighted by atomic mass is 16.5. The molecule has 2 aromatic rings. The third-order valence-electron chi connectivity index (χ3n) is 3.90. The Bertz CT molecular complexity index is 738. The average Bonchev–Trinajstić information content (AvgIpc) is 2.62. The maximum absolute atomic E-state index is 9.70. The molecule has 0 aliphatic rings. The number of nitriles is 1. The monoisotopic (exact) mass is 340 g/mol. The Morgan fingerprint density at radius 1 is 1.12 bits per heavy atom. The number of methoxy groups -OCH3 is 1. The van der Waals surface area contributed by atoms with Crippen LogP contribution in [0.4, 0.5) is 5.69 Å². The van der Waals surface area contributed by atoms with Gasteiger partial charge < -0.3 is 10.2 Å². The number of hydrazine groups is 1. The number of aryl methyl sites for hydroxylation is 1. The summed E-state index contributed by atoms with van der Waals surface area (Å²) in [6.07, 6.45) is 5.06. The molecule has 2 rings (SSSR count). The summed E-state index contributed by atoms with van der Waals surface area (Å²) in [5.41, 5.74) is 8.54. The fourth-order valence-electron chi connectivity index (χ4n) is 2.42. The smallest absolute Gasteiger partial charge is 0.137 e. The third-order valence-corrected chi connectivity index (χ3v) is 3.90. The van der Waals surface area contributed by atoms with E-state index in [2.05, 4.69) is 31.9 Å². The minimum atomic E-state index is -0.407. The zero-order chi connectivity index (χ0) is 18.4. The summed E-state index contributed by atoms with van der Waals surface area (Å²) >= 11 is 0. The van der Waals surface area contributed by atoms with Crippen molar-refractivity contribution in [3.63, 3.8) is 0 Å². The first-order chi connectivity index (χ1) is 12.0. The maximum atomic E-state index is 9.70. The van der Waals surface area contributed by atoms with Crippen molar-refractivity contribution in [3.8, 4) is 11.8 Å². The Kier molecular flexibility index (Phi) is 6.25. The summed E-state index contributed by atoms with van der Waals surface area (Å²) in [4.78, 5) is 13.1. The first-order valence-electron chi connectivity index (χ1n) is 8.19. The summed E-state index contributed by atoms with van der Waals surface area (Å²) in [6.45, 7) is 7.90. The molecular formula is C18H24N6O. The number of hydrogen-bond donors (Lipinski definition) is 2. The zero-order valence-corrected chi connectivity index (χ0v) is 15.2. The highest BCUT2D eigenvalue weighted by Gasteiger charge is 2.25. The van der Waals surface area contributed by atoms with E-state index in [0.29, 0.717) is 17.6 Å². The molecule has 132 valence electrons. The van der Waals surface area contributed by atoms with Crippen molar-refractivity contribution in [1.29, 1.82) is 5.26 Å². The predicted octanol–water partition coefficient (Wildman–Crippen LogP) is 2.92. The maximum Gasteiger partial charge on any atom is 0.137 e. The van der Waals surface area contributed by atoms with Crippen LogP contribution in [0, 0.1) is 18.3 Å². The minimum absolute atomic E-state index is 0.176. The van der Waals surface area contributed by atoms with Crippen molar-refractivity contribution in [2.45, 2.75) is 45.6 Å². The van der Waals surface area contributed by atoms with Crippen molar-refractivity contribution in [2.24, 2.45) is 0 Å². The lowest BCUT2D eigenvalue weighted by Gasteiger charge is -2.19. The zero-order valence-electron chi connectivity index (χ0n) is 15.2. The van der Waals surface area contributed by atoms with E-state index in [1.54, 1.807) is 25.7 Å². The van der Waals surface area contributed by atoms with Crippen molar-refractivity contribution < 1.29 is 4.74 Å². The van der Waals surface area contributed by atoms with Gasteiger partial charge >= 0.3 is 0 Å². The van der Waals surface area contributed by atoms with Crippen molar-refractivity contribution in [2.75, 3.05) is 12.5 Å². The fraction of sp³-hybridized carbons (Fsp3) is 0.444. The molecule has 0 saturated carbocycles. The van der Waals surface area contributed by atoms with Crippen LogP contribution < -0.4 is 15.6 Å². The van der Waals surface area contributed by atoms with Gasteiger partial charge in [0.15, 0.2) is 0 Å². The van der Waals surface area contributed by atoms with Crippen LogP contribution in [0.5, 0.6) is 5.75 Å². The van der Waals surface area contributed by atoms with Gasteiger partial charge in [0.25, 0.3) is 0 Å². The van der Waals surface area contributed by atoms with Gasteiger partial charge in [-0.2, -0.15) is 5.26 Å². The van der Waals surface area contributed by atoms with Crippen LogP contribution in [-0.2, 0) is 0 Å². The molecule has 2 unspecified atom stereocenters. The number of ether oxygens (including phenoxy) is 1. The third kappa shape index (κ3) is 4.64. The van der Waals surface area contributed by atoms with E-state index in [1.165, 1.54) is 0 Å². The molecular weight excluding hydrogens is 316 g/mol. The molecule has 0 spiro atoms. The van der Waals surface area contributed by atoms with Gasteiger partial charge in [0, 0.05) is 17.7 Å². The standard InChI is InChI=1S/C18H24N6O/c1-11(2)23-24-14-8-21-18(22-9-14)12(3)17(7-19)16-6-15(25-5)10-20-13(16)4/h6,8-12,17,23-24H,1-5H3. The number of nitrogens with one attached hydrogen (secondary N) is 2. The van der Waals surface area contributed by atoms with Gasteiger partial charge in [-0.25, -0.2) is 15.4 Å². The second kappa shape index (κ2) is 8.40. The van der Waals surface area contributed by atoms with Gasteiger partial charge in [-0.1, -0.05) is 6.92 Å². The Hall–Kier alpha value is -2.72. The highest BCUT2D eigenvalue weighted by molar-refractivity contribution is 5.39. The Labute approximate surface area is 148 Å². The Morgan fingerprint density at radius 3 is 2.36 bits per heavy atom. The van der Waals surface area contributed by atoms with Gasteiger partial charge in [-0.3, -0.25) is 4.98 Å². The molecule has 0 aliphatic heterocycles. The van der Waals surface area contributed by atoms with Gasteiger partial charge in [0.2, 0.25) is 0 Å². The summed E-state index contributed by atoms with van der Waals surface area (Å²) < 4.78 is 5.23. The Morgan fingerprint density at radius 2 is 1.80 bits per heavy atom. The molecule has 25 heavy (non-hydrogen) atoms. The fourth-order valence-corrected chi connectivity index (χ4v) is 2.42. The molecule has 2 heterocycles. The topological polar surface area (TPSA) is 95.8 Å². The van der Waals surface area contributed by atoms with Crippen LogP contribution in [0.25, 0.3) is 0 Å². The molecule has 0 fully saturated rings. The lowest BCUT2D eigenvalue weighted by molar-refractivity contribution is 0.411. The van der Waals surface area contributed by atoms with E-state index in [9.17, 15) is 5.26 Å². The molecule has 2 atom stereocenters. The van der Waals surface area contributed by atoms with E-state index in [0.717, 1.165) is 16.9 Å². The van der Waals surface area contributed by atoms with Crippen LogP contribution in [0.15, 0.2) is 24.7 Å². The van der Waals surface area contributed by atoms with Crippen LogP contribution in [0.3, 0.4) is 0 Å². The van der Waals surface area contributed by atoms with Gasteiger partial charge in [0.05, 0.1) is 43.4 Å². The highest BCUT2D eigenvalue weighted by Crippen LogP contribution is 2.33. The number of anilines is 1. The van der Waals surface area contributed by atoms with Crippen LogP contribution in [-0.4, -0.2) is 28.1 Å². The molecule has 7 nitrogen and oxygen atoms in total. The van der Waals surface area contributed by atoms with E-state index in [4.69, 9.17) is 4.74 Å². The molecule has 0 aliphatic carbocycles. The summed E-state index contributed by atoms with van der Waals surface area (Å²) in [7, 11) is 1.58. The Balaban J connectivity index is 2.22. The lowest BCUT2D eigenvalue weighted by atomic mass is 9.87. The van der Waals surface area contributed by atoms with Gasteiger partial charge in [-0.05, 0) is 32.4 Å². The van der Waals surface area contributed by atoms with Crippen molar-refractivity contribution in [1.82, 2.24) is 20.4 Å². The summed E-state index contributed by atoms with van der Waals surface area (Å²) in [6, 6.07) is 4.51. The molecule has 0 aromatic carbocycles.